The molecule has 0 atom stereocenters. The Bertz CT molecular complexity index is 401. The summed E-state index contributed by atoms with van der Waals surface area (Å²) in [5, 5.41) is 9.38. The number of carboxylic acid groups (broad SMARTS) is 1. The monoisotopic (exact) mass is 203 g/mol. The van der Waals surface area contributed by atoms with Gasteiger partial charge in [0.15, 0.2) is 0 Å². The average Bonchev–Trinajstić information content (AvgIpc) is 2.95. The van der Waals surface area contributed by atoms with Crippen molar-refractivity contribution in [2.45, 2.75) is 31.1 Å². The lowest BCUT2D eigenvalue weighted by atomic mass is 9.56. The maximum absolute atomic E-state index is 11.4. The second-order valence-corrected chi connectivity index (χ2v) is 4.98. The standard InChI is InChI=1S/C12H13NO2/c14-10(15)12(7-11(8-12)3-4-11)9-1-5-13-6-2-9/h1-2,5-6H,3-4,7-8H2,(H,14,15). The fourth-order valence-electron chi connectivity index (χ4n) is 2.91. The van der Waals surface area contributed by atoms with Gasteiger partial charge >= 0.3 is 5.97 Å². The Kier molecular flexibility index (Phi) is 1.54. The van der Waals surface area contributed by atoms with Crippen molar-refractivity contribution in [3.8, 4) is 0 Å². The van der Waals surface area contributed by atoms with Crippen LogP contribution in [0.15, 0.2) is 24.5 Å². The van der Waals surface area contributed by atoms with Crippen molar-refractivity contribution in [1.29, 1.82) is 0 Å². The van der Waals surface area contributed by atoms with Crippen molar-refractivity contribution in [2.24, 2.45) is 5.41 Å². The minimum absolute atomic E-state index is 0.391. The maximum atomic E-state index is 11.4. The summed E-state index contributed by atoms with van der Waals surface area (Å²) in [6.07, 6.45) is 7.43. The number of hydrogen-bond acceptors (Lipinski definition) is 2. The number of aromatic nitrogens is 1. The highest BCUT2D eigenvalue weighted by Gasteiger charge is 2.64. The first-order valence-corrected chi connectivity index (χ1v) is 5.31. The van der Waals surface area contributed by atoms with Gasteiger partial charge in [-0.1, -0.05) is 0 Å². The van der Waals surface area contributed by atoms with Crippen LogP contribution in [0.2, 0.25) is 0 Å². The van der Waals surface area contributed by atoms with Crippen LogP contribution in [0.5, 0.6) is 0 Å². The predicted octanol–water partition coefficient (Wildman–Crippen LogP) is 1.98. The van der Waals surface area contributed by atoms with E-state index in [1.165, 1.54) is 12.8 Å². The van der Waals surface area contributed by atoms with Crippen molar-refractivity contribution in [2.75, 3.05) is 0 Å². The zero-order valence-corrected chi connectivity index (χ0v) is 8.44. The van der Waals surface area contributed by atoms with E-state index in [1.54, 1.807) is 12.4 Å². The zero-order valence-electron chi connectivity index (χ0n) is 8.44. The molecule has 0 radical (unpaired) electrons. The van der Waals surface area contributed by atoms with Gasteiger partial charge in [-0.15, -0.1) is 0 Å². The largest absolute Gasteiger partial charge is 0.481 e. The van der Waals surface area contributed by atoms with Crippen molar-refractivity contribution in [3.05, 3.63) is 30.1 Å². The summed E-state index contributed by atoms with van der Waals surface area (Å²) in [4.78, 5) is 15.3. The van der Waals surface area contributed by atoms with Gasteiger partial charge in [0.2, 0.25) is 0 Å². The topological polar surface area (TPSA) is 50.2 Å². The average molecular weight is 203 g/mol. The van der Waals surface area contributed by atoms with Crippen LogP contribution in [0.4, 0.5) is 0 Å². The molecule has 0 aromatic carbocycles. The molecule has 15 heavy (non-hydrogen) atoms. The van der Waals surface area contributed by atoms with Gasteiger partial charge in [-0.2, -0.15) is 0 Å². The summed E-state index contributed by atoms with van der Waals surface area (Å²) in [6, 6.07) is 3.67. The van der Waals surface area contributed by atoms with Crippen LogP contribution in [-0.2, 0) is 10.2 Å². The fraction of sp³-hybridized carbons (Fsp3) is 0.500. The SMILES string of the molecule is O=C(O)C1(c2ccncc2)CC2(CC2)C1. The van der Waals surface area contributed by atoms with Crippen molar-refractivity contribution < 1.29 is 9.90 Å². The van der Waals surface area contributed by atoms with E-state index in [2.05, 4.69) is 4.98 Å². The number of pyridine rings is 1. The summed E-state index contributed by atoms with van der Waals surface area (Å²) >= 11 is 0. The molecule has 3 heteroatoms. The lowest BCUT2D eigenvalue weighted by Gasteiger charge is -2.45. The molecule has 2 aliphatic carbocycles. The number of rotatable bonds is 2. The maximum Gasteiger partial charge on any atom is 0.314 e. The van der Waals surface area contributed by atoms with Crippen LogP contribution in [-0.4, -0.2) is 16.1 Å². The van der Waals surface area contributed by atoms with Gasteiger partial charge in [0, 0.05) is 12.4 Å². The third-order valence-corrected chi connectivity index (χ3v) is 3.95. The molecule has 0 bridgehead atoms. The summed E-state index contributed by atoms with van der Waals surface area (Å²) < 4.78 is 0. The Morgan fingerprint density at radius 3 is 2.33 bits per heavy atom. The summed E-state index contributed by atoms with van der Waals surface area (Å²) in [5.74, 6) is -0.675. The van der Waals surface area contributed by atoms with Crippen molar-refractivity contribution in [1.82, 2.24) is 4.98 Å². The molecule has 1 N–H and O–H groups in total. The highest BCUT2D eigenvalue weighted by molar-refractivity contribution is 5.83. The van der Waals surface area contributed by atoms with E-state index in [0.717, 1.165) is 18.4 Å². The van der Waals surface area contributed by atoms with E-state index in [4.69, 9.17) is 0 Å². The second-order valence-electron chi connectivity index (χ2n) is 4.98. The molecule has 0 aliphatic heterocycles. The van der Waals surface area contributed by atoms with Gasteiger partial charge in [-0.05, 0) is 48.8 Å². The first kappa shape index (κ1) is 8.89. The lowest BCUT2D eigenvalue weighted by molar-refractivity contribution is -0.150. The van der Waals surface area contributed by atoms with Gasteiger partial charge in [-0.3, -0.25) is 9.78 Å². The fourth-order valence-corrected chi connectivity index (χ4v) is 2.91. The number of aliphatic carboxylic acids is 1. The minimum Gasteiger partial charge on any atom is -0.481 e. The first-order valence-electron chi connectivity index (χ1n) is 5.31. The van der Waals surface area contributed by atoms with Crippen LogP contribution in [0.1, 0.15) is 31.2 Å². The number of hydrogen-bond donors (Lipinski definition) is 1. The highest BCUT2D eigenvalue weighted by atomic mass is 16.4. The molecule has 1 aromatic rings. The first-order chi connectivity index (χ1) is 7.17. The molecule has 78 valence electrons. The Hall–Kier alpha value is -1.38. The molecule has 0 saturated heterocycles. The van der Waals surface area contributed by atoms with Gasteiger partial charge in [0.25, 0.3) is 0 Å². The van der Waals surface area contributed by atoms with Gasteiger partial charge in [-0.25, -0.2) is 0 Å². The van der Waals surface area contributed by atoms with Crippen LogP contribution in [0.3, 0.4) is 0 Å². The van der Waals surface area contributed by atoms with Gasteiger partial charge in [0.1, 0.15) is 0 Å². The van der Waals surface area contributed by atoms with Gasteiger partial charge in [0.05, 0.1) is 5.41 Å². The molecule has 1 aromatic heterocycles. The molecule has 2 aliphatic rings. The molecule has 0 unspecified atom stereocenters. The zero-order chi connectivity index (χ0) is 10.5. The van der Waals surface area contributed by atoms with E-state index in [-0.39, 0.29) is 0 Å². The summed E-state index contributed by atoms with van der Waals surface area (Å²) in [6.45, 7) is 0. The molecule has 3 nitrogen and oxygen atoms in total. The Morgan fingerprint density at radius 2 is 1.87 bits per heavy atom. The molecular weight excluding hydrogens is 190 g/mol. The number of carbonyl (C=O) groups is 1. The highest BCUT2D eigenvalue weighted by Crippen LogP contribution is 2.68. The predicted molar refractivity (Wildman–Crippen MR) is 54.5 cm³/mol. The molecule has 1 heterocycles. The van der Waals surface area contributed by atoms with Crippen LogP contribution < -0.4 is 0 Å². The van der Waals surface area contributed by atoms with Crippen LogP contribution in [0, 0.1) is 5.41 Å². The third-order valence-electron chi connectivity index (χ3n) is 3.95. The quantitative estimate of drug-likeness (QED) is 0.799. The summed E-state index contributed by atoms with van der Waals surface area (Å²) in [7, 11) is 0. The number of carboxylic acids is 1. The molecule has 2 saturated carbocycles. The normalized spacial score (nSPS) is 24.5. The third kappa shape index (κ3) is 1.12. The van der Waals surface area contributed by atoms with Gasteiger partial charge < -0.3 is 5.11 Å². The molecular formula is C12H13NO2. The molecule has 3 rings (SSSR count). The molecule has 0 amide bonds. The second kappa shape index (κ2) is 2.60. The molecule has 1 spiro atoms. The Balaban J connectivity index is 1.96. The number of nitrogens with zero attached hydrogens (tertiary/aromatic N) is 1. The van der Waals surface area contributed by atoms with E-state index >= 15 is 0 Å². The smallest absolute Gasteiger partial charge is 0.314 e. The van der Waals surface area contributed by atoms with Crippen molar-refractivity contribution in [3.63, 3.8) is 0 Å². The van der Waals surface area contributed by atoms with E-state index in [0.29, 0.717) is 5.41 Å². The van der Waals surface area contributed by atoms with E-state index < -0.39 is 11.4 Å². The summed E-state index contributed by atoms with van der Waals surface area (Å²) in [5.41, 5.74) is 0.698. The Morgan fingerprint density at radius 1 is 1.27 bits per heavy atom. The van der Waals surface area contributed by atoms with Crippen molar-refractivity contribution >= 4 is 5.97 Å². The van der Waals surface area contributed by atoms with E-state index in [1.807, 2.05) is 12.1 Å². The van der Waals surface area contributed by atoms with Crippen LogP contribution >= 0.6 is 0 Å². The molecule has 2 fully saturated rings. The minimum atomic E-state index is -0.675. The lowest BCUT2D eigenvalue weighted by Crippen LogP contribution is -2.49. The van der Waals surface area contributed by atoms with E-state index in [9.17, 15) is 9.90 Å². The van der Waals surface area contributed by atoms with Crippen LogP contribution in [0.25, 0.3) is 0 Å². The Labute approximate surface area is 88.1 Å².